The highest BCUT2D eigenvalue weighted by Gasteiger charge is 2.21. The zero-order valence-electron chi connectivity index (χ0n) is 15.5. The third-order valence-electron chi connectivity index (χ3n) is 4.10. The van der Waals surface area contributed by atoms with Crippen LogP contribution in [0.3, 0.4) is 0 Å². The first-order chi connectivity index (χ1) is 12.8. The largest absolute Gasteiger partial charge is 0.447 e. The van der Waals surface area contributed by atoms with Crippen LogP contribution >= 0.6 is 0 Å². The molecule has 0 unspecified atom stereocenters. The minimum Gasteiger partial charge on any atom is -0.447 e. The van der Waals surface area contributed by atoms with E-state index < -0.39 is 16.1 Å². The minimum atomic E-state index is -3.75. The van der Waals surface area contributed by atoms with Crippen LogP contribution in [0.5, 0.6) is 0 Å². The van der Waals surface area contributed by atoms with Crippen LogP contribution in [-0.2, 0) is 21.3 Å². The number of benzene rings is 2. The number of carbonyl (C=O) groups excluding carboxylic acids is 1. The van der Waals surface area contributed by atoms with Gasteiger partial charge in [0.05, 0.1) is 16.5 Å². The fourth-order valence-corrected chi connectivity index (χ4v) is 4.20. The summed E-state index contributed by atoms with van der Waals surface area (Å²) in [7, 11) is -3.75. The van der Waals surface area contributed by atoms with Crippen molar-refractivity contribution in [2.45, 2.75) is 38.3 Å². The lowest BCUT2D eigenvalue weighted by atomic mass is 10.2. The van der Waals surface area contributed by atoms with Gasteiger partial charge in [-0.15, -0.1) is 0 Å². The maximum atomic E-state index is 13.1. The van der Waals surface area contributed by atoms with Crippen LogP contribution in [0.1, 0.15) is 25.0 Å². The number of para-hydroxylation sites is 1. The molecule has 0 saturated carbocycles. The van der Waals surface area contributed by atoms with Crippen LogP contribution in [-0.4, -0.2) is 24.6 Å². The Kier molecular flexibility index (Phi) is 5.23. The molecule has 1 heterocycles. The number of nitrogens with zero attached hydrogens (tertiary/aromatic N) is 1. The van der Waals surface area contributed by atoms with Gasteiger partial charge in [-0.2, -0.15) is 0 Å². The average molecular weight is 386 g/mol. The van der Waals surface area contributed by atoms with Gasteiger partial charge >= 0.3 is 6.09 Å². The van der Waals surface area contributed by atoms with Gasteiger partial charge in [-0.3, -0.25) is 0 Å². The number of fused-ring (bicyclic) bond motifs is 1. The smallest absolute Gasteiger partial charge is 0.407 e. The van der Waals surface area contributed by atoms with E-state index in [0.29, 0.717) is 11.1 Å². The number of aryl methyl sites for hydroxylation is 1. The summed E-state index contributed by atoms with van der Waals surface area (Å²) < 4.78 is 32.5. The zero-order chi connectivity index (χ0) is 19.6. The van der Waals surface area contributed by atoms with Gasteiger partial charge in [0.25, 0.3) is 10.0 Å². The third-order valence-corrected chi connectivity index (χ3v) is 5.79. The number of nitrogens with one attached hydrogen (secondary N) is 1. The Bertz CT molecular complexity index is 1070. The second-order valence-corrected chi connectivity index (χ2v) is 8.41. The summed E-state index contributed by atoms with van der Waals surface area (Å²) in [6.07, 6.45) is 0.784. The van der Waals surface area contributed by atoms with Crippen molar-refractivity contribution in [1.82, 2.24) is 9.29 Å². The number of carbonyl (C=O) groups is 1. The normalized spacial score (nSPS) is 11.7. The van der Waals surface area contributed by atoms with Gasteiger partial charge < -0.3 is 10.1 Å². The molecule has 27 heavy (non-hydrogen) atoms. The van der Waals surface area contributed by atoms with Crippen molar-refractivity contribution >= 4 is 27.0 Å². The molecular formula is C20H22N2O4S. The summed E-state index contributed by atoms with van der Waals surface area (Å²) in [5.41, 5.74) is 2.24. The van der Waals surface area contributed by atoms with Crippen molar-refractivity contribution in [3.63, 3.8) is 0 Å². The van der Waals surface area contributed by atoms with E-state index in [1.165, 1.54) is 3.97 Å². The lowest BCUT2D eigenvalue weighted by Gasteiger charge is -2.09. The SMILES string of the molecule is Cc1ccc(S(=O)(=O)n2cc(CNC(=O)OC(C)C)c3ccccc32)cc1. The van der Waals surface area contributed by atoms with Crippen molar-refractivity contribution in [2.75, 3.05) is 0 Å². The van der Waals surface area contributed by atoms with E-state index >= 15 is 0 Å². The molecule has 142 valence electrons. The van der Waals surface area contributed by atoms with Gasteiger partial charge in [0, 0.05) is 18.1 Å². The molecule has 0 aliphatic rings. The minimum absolute atomic E-state index is 0.169. The molecule has 0 aliphatic heterocycles. The van der Waals surface area contributed by atoms with E-state index in [1.807, 2.05) is 19.1 Å². The predicted molar refractivity (Wildman–Crippen MR) is 104 cm³/mol. The Morgan fingerprint density at radius 1 is 1.11 bits per heavy atom. The second kappa shape index (κ2) is 7.44. The molecule has 3 aromatic rings. The van der Waals surface area contributed by atoms with Gasteiger partial charge in [0.1, 0.15) is 0 Å². The molecule has 0 atom stereocenters. The van der Waals surface area contributed by atoms with E-state index in [9.17, 15) is 13.2 Å². The molecule has 3 rings (SSSR count). The van der Waals surface area contributed by atoms with Gasteiger partial charge in [0.15, 0.2) is 0 Å². The van der Waals surface area contributed by atoms with Gasteiger partial charge in [-0.05, 0) is 44.5 Å². The first-order valence-corrected chi connectivity index (χ1v) is 10.1. The maximum Gasteiger partial charge on any atom is 0.407 e. The Morgan fingerprint density at radius 3 is 2.44 bits per heavy atom. The summed E-state index contributed by atoms with van der Waals surface area (Å²) in [6, 6.07) is 13.9. The van der Waals surface area contributed by atoms with Gasteiger partial charge in [-0.25, -0.2) is 17.2 Å². The molecule has 0 fully saturated rings. The summed E-state index contributed by atoms with van der Waals surface area (Å²) in [5.74, 6) is 0. The predicted octanol–water partition coefficient (Wildman–Crippen LogP) is 3.82. The van der Waals surface area contributed by atoms with Crippen molar-refractivity contribution in [1.29, 1.82) is 0 Å². The van der Waals surface area contributed by atoms with Crippen LogP contribution in [0.15, 0.2) is 59.6 Å². The Labute approximate surface area is 158 Å². The Hall–Kier alpha value is -2.80. The van der Waals surface area contributed by atoms with Gasteiger partial charge in [0.2, 0.25) is 0 Å². The lowest BCUT2D eigenvalue weighted by Crippen LogP contribution is -2.26. The van der Waals surface area contributed by atoms with Crippen molar-refractivity contribution in [3.8, 4) is 0 Å². The molecule has 2 aromatic carbocycles. The monoisotopic (exact) mass is 386 g/mol. The number of hydrogen-bond donors (Lipinski definition) is 1. The zero-order valence-corrected chi connectivity index (χ0v) is 16.3. The molecule has 6 nitrogen and oxygen atoms in total. The molecule has 0 bridgehead atoms. The molecule has 7 heteroatoms. The van der Waals surface area contributed by atoms with Crippen LogP contribution in [0.25, 0.3) is 10.9 Å². The van der Waals surface area contributed by atoms with E-state index in [-0.39, 0.29) is 17.5 Å². The van der Waals surface area contributed by atoms with E-state index in [0.717, 1.165) is 10.9 Å². The number of hydrogen-bond acceptors (Lipinski definition) is 4. The third kappa shape index (κ3) is 3.98. The summed E-state index contributed by atoms with van der Waals surface area (Å²) >= 11 is 0. The number of aromatic nitrogens is 1. The van der Waals surface area contributed by atoms with Crippen LogP contribution in [0.4, 0.5) is 4.79 Å². The van der Waals surface area contributed by atoms with Crippen molar-refractivity contribution in [3.05, 3.63) is 65.9 Å². The van der Waals surface area contributed by atoms with Crippen molar-refractivity contribution in [2.24, 2.45) is 0 Å². The van der Waals surface area contributed by atoms with Crippen LogP contribution in [0.2, 0.25) is 0 Å². The van der Waals surface area contributed by atoms with Crippen molar-refractivity contribution < 1.29 is 17.9 Å². The quantitative estimate of drug-likeness (QED) is 0.723. The molecule has 0 saturated heterocycles. The highest BCUT2D eigenvalue weighted by atomic mass is 32.2. The first kappa shape index (κ1) is 19.0. The van der Waals surface area contributed by atoms with Crippen LogP contribution in [0, 0.1) is 6.92 Å². The fourth-order valence-electron chi connectivity index (χ4n) is 2.80. The molecular weight excluding hydrogens is 364 g/mol. The summed E-state index contributed by atoms with van der Waals surface area (Å²) in [4.78, 5) is 12.0. The highest BCUT2D eigenvalue weighted by Crippen LogP contribution is 2.26. The summed E-state index contributed by atoms with van der Waals surface area (Å²) in [6.45, 7) is 5.60. The standard InChI is InChI=1S/C20H22N2O4S/c1-14(2)26-20(23)21-12-16-13-22(19-7-5-4-6-18(16)19)27(24,25)17-10-8-15(3)9-11-17/h4-11,13-14H,12H2,1-3H3,(H,21,23). The Morgan fingerprint density at radius 2 is 1.78 bits per heavy atom. The highest BCUT2D eigenvalue weighted by molar-refractivity contribution is 7.90. The number of rotatable bonds is 5. The number of alkyl carbamates (subject to hydrolysis) is 1. The Balaban J connectivity index is 1.99. The van der Waals surface area contributed by atoms with E-state index in [4.69, 9.17) is 4.74 Å². The maximum absolute atomic E-state index is 13.1. The first-order valence-electron chi connectivity index (χ1n) is 8.64. The van der Waals surface area contributed by atoms with E-state index in [1.54, 1.807) is 56.4 Å². The van der Waals surface area contributed by atoms with E-state index in [2.05, 4.69) is 5.32 Å². The molecule has 1 aromatic heterocycles. The average Bonchev–Trinajstić information content (AvgIpc) is 2.99. The molecule has 0 aliphatic carbocycles. The molecule has 0 spiro atoms. The molecule has 1 N–H and O–H groups in total. The lowest BCUT2D eigenvalue weighted by molar-refractivity contribution is 0.115. The summed E-state index contributed by atoms with van der Waals surface area (Å²) in [5, 5.41) is 3.43. The van der Waals surface area contributed by atoms with Crippen LogP contribution < -0.4 is 5.32 Å². The topological polar surface area (TPSA) is 77.4 Å². The van der Waals surface area contributed by atoms with Gasteiger partial charge in [-0.1, -0.05) is 35.9 Å². The number of amides is 1. The fraction of sp³-hybridized carbons (Fsp3) is 0.250. The number of ether oxygens (including phenoxy) is 1. The molecule has 1 amide bonds. The second-order valence-electron chi connectivity index (χ2n) is 6.59. The molecule has 0 radical (unpaired) electrons.